The van der Waals surface area contributed by atoms with E-state index in [1.807, 2.05) is 37.3 Å². The molecular weight excluding hydrogens is 452 g/mol. The zero-order chi connectivity index (χ0) is 25.7. The number of oxime groups is 1. The van der Waals surface area contributed by atoms with Crippen molar-refractivity contribution in [3.63, 3.8) is 0 Å². The third kappa shape index (κ3) is 5.33. The van der Waals surface area contributed by atoms with Crippen molar-refractivity contribution in [2.75, 3.05) is 14.2 Å². The van der Waals surface area contributed by atoms with Crippen LogP contribution in [0.2, 0.25) is 0 Å². The Morgan fingerprint density at radius 1 is 0.917 bits per heavy atom. The molecule has 0 fully saturated rings. The molecule has 0 atom stereocenters. The van der Waals surface area contributed by atoms with Crippen molar-refractivity contribution in [2.45, 2.75) is 27.4 Å². The Hall–Kier alpha value is -4.32. The molecule has 4 rings (SSSR count). The predicted octanol–water partition coefficient (Wildman–Crippen LogP) is 6.50. The lowest BCUT2D eigenvalue weighted by Gasteiger charge is -2.14. The molecule has 0 aliphatic heterocycles. The van der Waals surface area contributed by atoms with Crippen LogP contribution >= 0.6 is 0 Å². The molecular formula is C30H30N2O4. The summed E-state index contributed by atoms with van der Waals surface area (Å²) in [5.41, 5.74) is 8.59. The number of benzene rings is 3. The first-order valence-corrected chi connectivity index (χ1v) is 11.7. The lowest BCUT2D eigenvalue weighted by molar-refractivity contribution is 0.0600. The molecule has 0 radical (unpaired) electrons. The lowest BCUT2D eigenvalue weighted by Crippen LogP contribution is -2.03. The van der Waals surface area contributed by atoms with Gasteiger partial charge in [0.2, 0.25) is 0 Å². The smallest absolute Gasteiger partial charge is 0.337 e. The van der Waals surface area contributed by atoms with Crippen LogP contribution in [0, 0.1) is 13.8 Å². The second kappa shape index (κ2) is 11.0. The average Bonchev–Trinajstić information content (AvgIpc) is 3.25. The van der Waals surface area contributed by atoms with E-state index in [9.17, 15) is 4.79 Å². The van der Waals surface area contributed by atoms with Gasteiger partial charge in [-0.25, -0.2) is 4.79 Å². The summed E-state index contributed by atoms with van der Waals surface area (Å²) in [4.78, 5) is 17.3. The topological polar surface area (TPSA) is 62.1 Å². The normalized spacial score (nSPS) is 11.3. The first kappa shape index (κ1) is 24.8. The Balaban J connectivity index is 1.65. The minimum atomic E-state index is -0.364. The van der Waals surface area contributed by atoms with Crippen LogP contribution in [0.5, 0.6) is 5.75 Å². The van der Waals surface area contributed by atoms with Crippen LogP contribution in [0.25, 0.3) is 16.9 Å². The third-order valence-electron chi connectivity index (χ3n) is 6.07. The summed E-state index contributed by atoms with van der Waals surface area (Å²) in [6.45, 7) is 6.41. The van der Waals surface area contributed by atoms with E-state index in [-0.39, 0.29) is 5.97 Å². The van der Waals surface area contributed by atoms with Crippen LogP contribution < -0.4 is 4.74 Å². The molecule has 4 aromatic rings. The first-order valence-electron chi connectivity index (χ1n) is 11.7. The minimum Gasteiger partial charge on any atom is -0.497 e. The molecule has 0 aliphatic rings. The molecule has 3 aromatic carbocycles. The van der Waals surface area contributed by atoms with Crippen LogP contribution in [0.3, 0.4) is 0 Å². The van der Waals surface area contributed by atoms with Crippen molar-refractivity contribution < 1.29 is 19.1 Å². The zero-order valence-electron chi connectivity index (χ0n) is 21.2. The molecule has 6 heteroatoms. The molecule has 0 aliphatic carbocycles. The molecule has 0 amide bonds. The van der Waals surface area contributed by atoms with Gasteiger partial charge in [0.1, 0.15) is 12.4 Å². The zero-order valence-corrected chi connectivity index (χ0v) is 21.2. The Labute approximate surface area is 211 Å². The fourth-order valence-electron chi connectivity index (χ4n) is 4.18. The van der Waals surface area contributed by atoms with Crippen LogP contribution in [0.15, 0.2) is 84.0 Å². The van der Waals surface area contributed by atoms with Gasteiger partial charge in [0.05, 0.1) is 31.2 Å². The van der Waals surface area contributed by atoms with Crippen molar-refractivity contribution in [3.05, 3.63) is 107 Å². The summed E-state index contributed by atoms with van der Waals surface area (Å²) in [6, 6.07) is 25.7. The maximum Gasteiger partial charge on any atom is 0.337 e. The predicted molar refractivity (Wildman–Crippen MR) is 142 cm³/mol. The van der Waals surface area contributed by atoms with Gasteiger partial charge in [-0.15, -0.1) is 0 Å². The molecule has 184 valence electrons. The molecule has 1 heterocycles. The van der Waals surface area contributed by atoms with Crippen LogP contribution in [-0.4, -0.2) is 30.5 Å². The second-order valence-electron chi connectivity index (χ2n) is 8.57. The van der Waals surface area contributed by atoms with Gasteiger partial charge in [0, 0.05) is 22.5 Å². The molecule has 0 saturated heterocycles. The number of carbonyl (C=O) groups is 1. The molecule has 0 saturated carbocycles. The Morgan fingerprint density at radius 3 is 2.36 bits per heavy atom. The lowest BCUT2D eigenvalue weighted by atomic mass is 10.1. The van der Waals surface area contributed by atoms with Crippen molar-refractivity contribution >= 4 is 11.7 Å². The molecule has 0 bridgehead atoms. The van der Waals surface area contributed by atoms with E-state index >= 15 is 0 Å². The van der Waals surface area contributed by atoms with Crippen LogP contribution in [0.4, 0.5) is 0 Å². The maximum absolute atomic E-state index is 11.6. The van der Waals surface area contributed by atoms with Crippen molar-refractivity contribution in [1.82, 2.24) is 4.57 Å². The number of ether oxygens (including phenoxy) is 2. The summed E-state index contributed by atoms with van der Waals surface area (Å²) in [7, 11) is 3.04. The minimum absolute atomic E-state index is 0.291. The van der Waals surface area contributed by atoms with Gasteiger partial charge in [-0.1, -0.05) is 41.6 Å². The quantitative estimate of drug-likeness (QED) is 0.163. The number of nitrogens with zero attached hydrogens (tertiary/aromatic N) is 2. The number of aromatic nitrogens is 1. The van der Waals surface area contributed by atoms with Gasteiger partial charge in [0.15, 0.2) is 0 Å². The summed E-state index contributed by atoms with van der Waals surface area (Å²) in [5.74, 6) is 0.437. The van der Waals surface area contributed by atoms with Crippen molar-refractivity contribution in [2.24, 2.45) is 5.16 Å². The second-order valence-corrected chi connectivity index (χ2v) is 8.57. The fraction of sp³-hybridized carbons (Fsp3) is 0.200. The molecule has 6 nitrogen and oxygen atoms in total. The Bertz CT molecular complexity index is 1400. The van der Waals surface area contributed by atoms with Crippen LogP contribution in [-0.2, 0) is 16.2 Å². The van der Waals surface area contributed by atoms with Crippen molar-refractivity contribution in [1.29, 1.82) is 0 Å². The van der Waals surface area contributed by atoms with Gasteiger partial charge < -0.3 is 18.9 Å². The number of carbonyl (C=O) groups excluding carboxylic acids is 1. The van der Waals surface area contributed by atoms with Gasteiger partial charge >= 0.3 is 5.97 Å². The van der Waals surface area contributed by atoms with E-state index < -0.39 is 0 Å². The largest absolute Gasteiger partial charge is 0.497 e. The monoisotopic (exact) mass is 482 g/mol. The van der Waals surface area contributed by atoms with Gasteiger partial charge in [-0.3, -0.25) is 0 Å². The fourth-order valence-corrected chi connectivity index (χ4v) is 4.18. The summed E-state index contributed by atoms with van der Waals surface area (Å²) in [5, 5.41) is 4.40. The Morgan fingerprint density at radius 2 is 1.67 bits per heavy atom. The number of hydrogen-bond acceptors (Lipinski definition) is 5. The number of esters is 1. The van der Waals surface area contributed by atoms with Gasteiger partial charge in [-0.05, 0) is 74.4 Å². The van der Waals surface area contributed by atoms with E-state index in [0.29, 0.717) is 12.2 Å². The van der Waals surface area contributed by atoms with Gasteiger partial charge in [0.25, 0.3) is 0 Å². The number of rotatable bonds is 8. The highest BCUT2D eigenvalue weighted by Crippen LogP contribution is 2.32. The summed E-state index contributed by atoms with van der Waals surface area (Å²) >= 11 is 0. The average molecular weight is 483 g/mol. The van der Waals surface area contributed by atoms with Crippen molar-refractivity contribution in [3.8, 4) is 22.7 Å². The SMILES string of the molecule is COC(=O)c1ccc(CO/N=C(/C)c2cc(-c3cccc(OC)c3)n(-c3cccc(C)c3)c2C)cc1. The molecule has 1 aromatic heterocycles. The third-order valence-corrected chi connectivity index (χ3v) is 6.07. The Kier molecular flexibility index (Phi) is 7.54. The molecule has 0 spiro atoms. The highest BCUT2D eigenvalue weighted by Gasteiger charge is 2.18. The van der Waals surface area contributed by atoms with E-state index in [0.717, 1.165) is 45.2 Å². The molecule has 0 unspecified atom stereocenters. The number of aryl methyl sites for hydroxylation is 1. The number of hydrogen-bond donors (Lipinski definition) is 0. The molecule has 36 heavy (non-hydrogen) atoms. The van der Waals surface area contributed by atoms with Crippen LogP contribution in [0.1, 0.15) is 39.7 Å². The van der Waals surface area contributed by atoms with E-state index in [4.69, 9.17) is 14.3 Å². The highest BCUT2D eigenvalue weighted by atomic mass is 16.6. The first-order chi connectivity index (χ1) is 17.4. The highest BCUT2D eigenvalue weighted by molar-refractivity contribution is 6.01. The van der Waals surface area contributed by atoms with E-state index in [1.54, 1.807) is 19.2 Å². The maximum atomic E-state index is 11.6. The summed E-state index contributed by atoms with van der Waals surface area (Å²) in [6.07, 6.45) is 0. The van der Waals surface area contributed by atoms with Gasteiger partial charge in [-0.2, -0.15) is 0 Å². The standard InChI is InChI=1S/C30H30N2O4/c1-20-8-6-10-26(16-20)32-22(3)28(18-29(32)25-9-7-11-27(17-25)34-4)21(2)31-36-19-23-12-14-24(15-13-23)30(33)35-5/h6-18H,19H2,1-5H3/b31-21-. The van der Waals surface area contributed by atoms with E-state index in [1.165, 1.54) is 12.7 Å². The van der Waals surface area contributed by atoms with E-state index in [2.05, 4.69) is 60.0 Å². The summed E-state index contributed by atoms with van der Waals surface area (Å²) < 4.78 is 12.4. The molecule has 0 N–H and O–H groups in total. The number of methoxy groups -OCH3 is 2.